The van der Waals surface area contributed by atoms with E-state index in [2.05, 4.69) is 45.5 Å². The first-order valence-electron chi connectivity index (χ1n) is 9.69. The molecule has 0 amide bonds. The van der Waals surface area contributed by atoms with Crippen molar-refractivity contribution >= 4 is 5.96 Å². The van der Waals surface area contributed by atoms with Crippen molar-refractivity contribution in [1.82, 2.24) is 20.1 Å². The van der Waals surface area contributed by atoms with E-state index in [1.165, 1.54) is 12.8 Å². The Morgan fingerprint density at radius 3 is 2.62 bits per heavy atom. The maximum absolute atomic E-state index is 5.93. The van der Waals surface area contributed by atoms with Crippen LogP contribution in [0.3, 0.4) is 0 Å². The van der Waals surface area contributed by atoms with E-state index in [0.29, 0.717) is 6.54 Å². The minimum Gasteiger partial charge on any atom is -0.465 e. The molecule has 1 aliphatic heterocycles. The maximum Gasteiger partial charge on any atom is 0.191 e. The van der Waals surface area contributed by atoms with Crippen LogP contribution in [0, 0.1) is 6.92 Å². The number of likely N-dealkylation sites (tertiary alicyclic amines) is 1. The van der Waals surface area contributed by atoms with Crippen molar-refractivity contribution < 1.29 is 4.42 Å². The second-order valence-electron chi connectivity index (χ2n) is 6.77. The molecule has 2 N–H and O–H groups in total. The molecule has 0 radical (unpaired) electrons. The zero-order valence-electron chi connectivity index (χ0n) is 15.9. The molecule has 6 nitrogen and oxygen atoms in total. The van der Waals surface area contributed by atoms with Gasteiger partial charge in [-0.3, -0.25) is 9.89 Å². The number of guanidine groups is 1. The summed E-state index contributed by atoms with van der Waals surface area (Å²) in [4.78, 5) is 7.34. The quantitative estimate of drug-likeness (QED) is 0.563. The summed E-state index contributed by atoms with van der Waals surface area (Å²) in [5.74, 6) is 2.86. The van der Waals surface area contributed by atoms with Crippen molar-refractivity contribution in [3.63, 3.8) is 0 Å². The van der Waals surface area contributed by atoms with Crippen LogP contribution in [0.25, 0.3) is 0 Å². The minimum absolute atomic E-state index is 0.214. The van der Waals surface area contributed by atoms with Gasteiger partial charge in [-0.15, -0.1) is 0 Å². The van der Waals surface area contributed by atoms with Crippen molar-refractivity contribution in [3.05, 3.63) is 48.2 Å². The monoisotopic (exact) mass is 357 g/mol. The molecule has 0 saturated carbocycles. The predicted molar refractivity (Wildman–Crippen MR) is 105 cm³/mol. The summed E-state index contributed by atoms with van der Waals surface area (Å²) in [6.45, 7) is 9.65. The molecule has 0 aromatic carbocycles. The van der Waals surface area contributed by atoms with Crippen LogP contribution in [0.15, 0.2) is 46.1 Å². The summed E-state index contributed by atoms with van der Waals surface area (Å²) in [5.41, 5.74) is 0. The Labute approximate surface area is 156 Å². The highest BCUT2D eigenvalue weighted by atomic mass is 16.3. The topological polar surface area (TPSA) is 57.7 Å². The molecular formula is C20H31N5O. The molecule has 0 bridgehead atoms. The number of aryl methyl sites for hydroxylation is 1. The van der Waals surface area contributed by atoms with Crippen LogP contribution in [0.4, 0.5) is 0 Å². The highest BCUT2D eigenvalue weighted by Crippen LogP contribution is 2.26. The Bertz CT molecular complexity index is 670. The summed E-state index contributed by atoms with van der Waals surface area (Å²) in [7, 11) is 0. The Balaban J connectivity index is 1.62. The molecule has 0 spiro atoms. The highest BCUT2D eigenvalue weighted by molar-refractivity contribution is 5.79. The van der Waals surface area contributed by atoms with Gasteiger partial charge >= 0.3 is 0 Å². The normalized spacial score (nSPS) is 16.8. The van der Waals surface area contributed by atoms with Crippen LogP contribution in [0.1, 0.15) is 37.3 Å². The van der Waals surface area contributed by atoms with Gasteiger partial charge in [0.05, 0.1) is 12.6 Å². The molecular weight excluding hydrogens is 326 g/mol. The average molecular weight is 358 g/mol. The third-order valence-corrected chi connectivity index (χ3v) is 4.77. The van der Waals surface area contributed by atoms with E-state index < -0.39 is 0 Å². The van der Waals surface area contributed by atoms with Gasteiger partial charge in [-0.2, -0.15) is 0 Å². The molecule has 1 aliphatic rings. The lowest BCUT2D eigenvalue weighted by Crippen LogP contribution is -2.39. The third-order valence-electron chi connectivity index (χ3n) is 4.77. The molecule has 1 saturated heterocycles. The number of aromatic nitrogens is 1. The molecule has 0 aliphatic carbocycles. The smallest absolute Gasteiger partial charge is 0.191 e. The predicted octanol–water partition coefficient (Wildman–Crippen LogP) is 2.78. The molecule has 1 fully saturated rings. The molecule has 1 atom stereocenters. The number of rotatable bonds is 8. The van der Waals surface area contributed by atoms with E-state index in [4.69, 9.17) is 9.41 Å². The number of hydrogen-bond acceptors (Lipinski definition) is 3. The maximum atomic E-state index is 5.93. The second-order valence-corrected chi connectivity index (χ2v) is 6.77. The van der Waals surface area contributed by atoms with Crippen LogP contribution in [0.2, 0.25) is 0 Å². The van der Waals surface area contributed by atoms with Crippen molar-refractivity contribution in [2.24, 2.45) is 4.99 Å². The zero-order chi connectivity index (χ0) is 18.2. The fourth-order valence-corrected chi connectivity index (χ4v) is 3.41. The number of nitrogens with zero attached hydrogens (tertiary/aromatic N) is 3. The van der Waals surface area contributed by atoms with Crippen molar-refractivity contribution in [3.8, 4) is 0 Å². The fourth-order valence-electron chi connectivity index (χ4n) is 3.41. The molecule has 142 valence electrons. The molecule has 3 heterocycles. The molecule has 3 rings (SSSR count). The lowest BCUT2D eigenvalue weighted by molar-refractivity contribution is 0.219. The summed E-state index contributed by atoms with van der Waals surface area (Å²) in [6, 6.07) is 8.45. The van der Waals surface area contributed by atoms with E-state index in [0.717, 1.165) is 50.2 Å². The number of nitrogens with one attached hydrogen (secondary N) is 2. The van der Waals surface area contributed by atoms with Gasteiger partial charge < -0.3 is 19.6 Å². The van der Waals surface area contributed by atoms with Gasteiger partial charge in [-0.05, 0) is 64.0 Å². The summed E-state index contributed by atoms with van der Waals surface area (Å²) >= 11 is 0. The van der Waals surface area contributed by atoms with Gasteiger partial charge in [0, 0.05) is 32.0 Å². The molecule has 26 heavy (non-hydrogen) atoms. The Morgan fingerprint density at radius 1 is 1.19 bits per heavy atom. The highest BCUT2D eigenvalue weighted by Gasteiger charge is 2.25. The number of hydrogen-bond donors (Lipinski definition) is 2. The number of aliphatic imine (C=N–C) groups is 1. The Kier molecular flexibility index (Phi) is 6.77. The molecule has 2 aromatic heterocycles. The summed E-state index contributed by atoms with van der Waals surface area (Å²) in [6.07, 6.45) is 6.67. The first kappa shape index (κ1) is 18.6. The molecule has 1 unspecified atom stereocenters. The van der Waals surface area contributed by atoms with Crippen LogP contribution in [-0.4, -0.2) is 48.2 Å². The standard InChI is InChI=1S/C20H31N5O/c1-3-21-20(22-10-15-24-11-4-5-12-24)23-16-18(25-13-6-7-14-25)19-9-8-17(2)26-19/h4-5,8-9,11-12,18H,3,6-7,10,13-16H2,1-2H3,(H2,21,22,23). The van der Waals surface area contributed by atoms with E-state index in [1.807, 2.05) is 25.1 Å². The molecule has 2 aromatic rings. The third kappa shape index (κ3) is 5.14. The Hall–Kier alpha value is -2.21. The van der Waals surface area contributed by atoms with Crippen LogP contribution >= 0.6 is 0 Å². The van der Waals surface area contributed by atoms with Gasteiger partial charge in [-0.1, -0.05) is 0 Å². The average Bonchev–Trinajstić information content (AvgIpc) is 3.38. The fraction of sp³-hybridized carbons (Fsp3) is 0.550. The van der Waals surface area contributed by atoms with E-state index in [-0.39, 0.29) is 6.04 Å². The van der Waals surface area contributed by atoms with Gasteiger partial charge in [0.1, 0.15) is 11.5 Å². The van der Waals surface area contributed by atoms with Gasteiger partial charge in [-0.25, -0.2) is 0 Å². The summed E-state index contributed by atoms with van der Waals surface area (Å²) < 4.78 is 8.09. The zero-order valence-corrected chi connectivity index (χ0v) is 15.9. The van der Waals surface area contributed by atoms with Crippen molar-refractivity contribution in [2.75, 3.05) is 32.7 Å². The van der Waals surface area contributed by atoms with Gasteiger partial charge in [0.2, 0.25) is 0 Å². The van der Waals surface area contributed by atoms with Crippen LogP contribution in [-0.2, 0) is 6.54 Å². The first-order valence-corrected chi connectivity index (χ1v) is 9.69. The van der Waals surface area contributed by atoms with Crippen LogP contribution in [0.5, 0.6) is 0 Å². The summed E-state index contributed by atoms with van der Waals surface area (Å²) in [5, 5.41) is 6.78. The van der Waals surface area contributed by atoms with E-state index in [1.54, 1.807) is 0 Å². The number of furan rings is 1. The second kappa shape index (κ2) is 9.48. The van der Waals surface area contributed by atoms with Crippen LogP contribution < -0.4 is 10.6 Å². The van der Waals surface area contributed by atoms with Gasteiger partial charge in [0.15, 0.2) is 5.96 Å². The Morgan fingerprint density at radius 2 is 1.96 bits per heavy atom. The van der Waals surface area contributed by atoms with Gasteiger partial charge in [0.25, 0.3) is 0 Å². The van der Waals surface area contributed by atoms with E-state index in [9.17, 15) is 0 Å². The van der Waals surface area contributed by atoms with Crippen molar-refractivity contribution in [1.29, 1.82) is 0 Å². The lowest BCUT2D eigenvalue weighted by atomic mass is 10.2. The minimum atomic E-state index is 0.214. The largest absolute Gasteiger partial charge is 0.465 e. The van der Waals surface area contributed by atoms with Crippen molar-refractivity contribution in [2.45, 2.75) is 39.3 Å². The SMILES string of the molecule is CCNC(=NCC(c1ccc(C)o1)N1CCCC1)NCCn1cccc1. The van der Waals surface area contributed by atoms with E-state index >= 15 is 0 Å². The lowest BCUT2D eigenvalue weighted by Gasteiger charge is -2.24. The first-order chi connectivity index (χ1) is 12.8. The molecule has 6 heteroatoms.